The fourth-order valence-corrected chi connectivity index (χ4v) is 5.51. The largest absolute Gasteiger partial charge is 0.486 e. The fraction of sp³-hybridized carbons (Fsp3) is 0.0435. The number of aliphatic imine (C=N–C) groups is 1. The molecule has 0 unspecified atom stereocenters. The van der Waals surface area contributed by atoms with E-state index in [2.05, 4.69) is 42.2 Å². The number of carbonyl (C=O) groups is 1. The monoisotopic (exact) mass is 628 g/mol. The molecule has 0 saturated carbocycles. The number of nitrogens with zero attached hydrogens (tertiary/aromatic N) is 1. The number of thioether (sulfide) groups is 1. The Hall–Kier alpha value is -1.84. The molecule has 1 aliphatic rings. The van der Waals surface area contributed by atoms with Gasteiger partial charge in [0.05, 0.1) is 29.6 Å². The van der Waals surface area contributed by atoms with E-state index in [9.17, 15) is 9.18 Å². The predicted octanol–water partition coefficient (Wildman–Crippen LogP) is 8.13. The third-order valence-electron chi connectivity index (χ3n) is 4.45. The zero-order valence-electron chi connectivity index (χ0n) is 16.5. The van der Waals surface area contributed by atoms with Gasteiger partial charge in [-0.25, -0.2) is 9.38 Å². The zero-order valence-corrected chi connectivity index (χ0v) is 22.0. The maximum Gasteiger partial charge on any atom is 0.264 e. The van der Waals surface area contributed by atoms with Gasteiger partial charge < -0.3 is 10.1 Å². The number of rotatable bonds is 5. The van der Waals surface area contributed by atoms with E-state index in [0.717, 1.165) is 5.56 Å². The molecule has 1 amide bonds. The lowest BCUT2D eigenvalue weighted by atomic mass is 10.2. The molecule has 10 heteroatoms. The smallest absolute Gasteiger partial charge is 0.264 e. The normalized spacial score (nSPS) is 15.8. The lowest BCUT2D eigenvalue weighted by Gasteiger charge is -2.12. The summed E-state index contributed by atoms with van der Waals surface area (Å²) < 4.78 is 21.0. The van der Waals surface area contributed by atoms with E-state index in [-0.39, 0.29) is 18.3 Å². The molecule has 33 heavy (non-hydrogen) atoms. The molecule has 1 heterocycles. The second-order valence-electron chi connectivity index (χ2n) is 6.75. The molecular weight excluding hydrogens is 618 g/mol. The Balaban J connectivity index is 1.53. The summed E-state index contributed by atoms with van der Waals surface area (Å²) >= 11 is 20.4. The molecule has 3 aromatic rings. The van der Waals surface area contributed by atoms with Gasteiger partial charge in [-0.3, -0.25) is 4.79 Å². The quantitative estimate of drug-likeness (QED) is 0.290. The van der Waals surface area contributed by atoms with Crippen molar-refractivity contribution in [1.82, 2.24) is 5.32 Å². The average molecular weight is 631 g/mol. The van der Waals surface area contributed by atoms with E-state index in [4.69, 9.17) is 27.9 Å². The number of hydrogen-bond donors (Lipinski definition) is 1. The molecular formula is C23H13Br2Cl2FN2O2S. The van der Waals surface area contributed by atoms with Gasteiger partial charge in [0.2, 0.25) is 0 Å². The van der Waals surface area contributed by atoms with Crippen LogP contribution >= 0.6 is 66.8 Å². The number of carbonyl (C=O) groups excluding carboxylic acids is 1. The Kier molecular flexibility index (Phi) is 7.81. The topological polar surface area (TPSA) is 50.7 Å². The SMILES string of the molecule is O=C1NC(=Nc2cccc(Cl)c2Cl)S/C1=C\c1cc(Br)c(OCc2ccccc2F)c(Br)c1. The van der Waals surface area contributed by atoms with Gasteiger partial charge in [-0.2, -0.15) is 0 Å². The Morgan fingerprint density at radius 2 is 1.82 bits per heavy atom. The Labute approximate surface area is 220 Å². The Morgan fingerprint density at radius 3 is 2.55 bits per heavy atom. The van der Waals surface area contributed by atoms with E-state index in [0.29, 0.717) is 46.1 Å². The highest BCUT2D eigenvalue weighted by Crippen LogP contribution is 2.38. The Bertz CT molecular complexity index is 1290. The van der Waals surface area contributed by atoms with Crippen LogP contribution in [-0.2, 0) is 11.4 Å². The van der Waals surface area contributed by atoms with Crippen molar-refractivity contribution < 1.29 is 13.9 Å². The van der Waals surface area contributed by atoms with Gasteiger partial charge in [0, 0.05) is 5.56 Å². The number of amidine groups is 1. The molecule has 0 aromatic heterocycles. The minimum atomic E-state index is -0.327. The summed E-state index contributed by atoms with van der Waals surface area (Å²) in [7, 11) is 0. The molecule has 4 nitrogen and oxygen atoms in total. The number of amides is 1. The lowest BCUT2D eigenvalue weighted by molar-refractivity contribution is -0.115. The molecule has 0 spiro atoms. The van der Waals surface area contributed by atoms with Gasteiger partial charge in [0.15, 0.2) is 5.17 Å². The summed E-state index contributed by atoms with van der Waals surface area (Å²) in [4.78, 5) is 17.3. The van der Waals surface area contributed by atoms with Crippen LogP contribution < -0.4 is 10.1 Å². The molecule has 1 aliphatic heterocycles. The van der Waals surface area contributed by atoms with Crippen LogP contribution in [0.5, 0.6) is 5.75 Å². The van der Waals surface area contributed by atoms with Crippen LogP contribution in [-0.4, -0.2) is 11.1 Å². The minimum Gasteiger partial charge on any atom is -0.486 e. The van der Waals surface area contributed by atoms with Crippen LogP contribution in [0.3, 0.4) is 0 Å². The van der Waals surface area contributed by atoms with E-state index < -0.39 is 0 Å². The number of nitrogens with one attached hydrogen (secondary N) is 1. The number of hydrogen-bond acceptors (Lipinski definition) is 4. The molecule has 0 atom stereocenters. The molecule has 168 valence electrons. The second-order valence-corrected chi connectivity index (χ2v) is 10.3. The van der Waals surface area contributed by atoms with Gasteiger partial charge in [-0.15, -0.1) is 0 Å². The zero-order chi connectivity index (χ0) is 23.5. The van der Waals surface area contributed by atoms with Crippen molar-refractivity contribution >= 4 is 89.7 Å². The highest BCUT2D eigenvalue weighted by atomic mass is 79.9. The maximum absolute atomic E-state index is 13.9. The van der Waals surface area contributed by atoms with Crippen molar-refractivity contribution in [2.45, 2.75) is 6.61 Å². The third-order valence-corrected chi connectivity index (χ3v) is 7.35. The summed E-state index contributed by atoms with van der Waals surface area (Å²) in [6.45, 7) is 0.0778. The maximum atomic E-state index is 13.9. The van der Waals surface area contributed by atoms with Crippen LogP contribution in [0.25, 0.3) is 6.08 Å². The van der Waals surface area contributed by atoms with Gasteiger partial charge in [-0.05, 0) is 85.6 Å². The molecule has 4 rings (SSSR count). The lowest BCUT2D eigenvalue weighted by Crippen LogP contribution is -2.19. The molecule has 3 aromatic carbocycles. The molecule has 1 N–H and O–H groups in total. The molecule has 0 bridgehead atoms. The molecule has 1 fully saturated rings. The molecule has 0 radical (unpaired) electrons. The van der Waals surface area contributed by atoms with Crippen LogP contribution in [0, 0.1) is 5.82 Å². The number of benzene rings is 3. The third kappa shape index (κ3) is 5.81. The molecule has 1 saturated heterocycles. The summed E-state index contributed by atoms with van der Waals surface area (Å²) in [6, 6.07) is 15.2. The van der Waals surface area contributed by atoms with Crippen LogP contribution in [0.4, 0.5) is 10.1 Å². The van der Waals surface area contributed by atoms with Crippen molar-refractivity contribution in [2.24, 2.45) is 4.99 Å². The van der Waals surface area contributed by atoms with Crippen molar-refractivity contribution in [3.05, 3.63) is 95.4 Å². The van der Waals surface area contributed by atoms with E-state index in [1.54, 1.807) is 42.5 Å². The van der Waals surface area contributed by atoms with Gasteiger partial charge in [-0.1, -0.05) is 47.5 Å². The first-order valence-corrected chi connectivity index (χ1v) is 12.6. The predicted molar refractivity (Wildman–Crippen MR) is 140 cm³/mol. The summed E-state index contributed by atoms with van der Waals surface area (Å²) in [6.07, 6.45) is 1.73. The number of ether oxygens (including phenoxy) is 1. The van der Waals surface area contributed by atoms with Crippen LogP contribution in [0.15, 0.2) is 73.4 Å². The van der Waals surface area contributed by atoms with Crippen molar-refractivity contribution in [3.8, 4) is 5.75 Å². The van der Waals surface area contributed by atoms with Gasteiger partial charge in [0.1, 0.15) is 18.2 Å². The van der Waals surface area contributed by atoms with Crippen LogP contribution in [0.2, 0.25) is 10.0 Å². The van der Waals surface area contributed by atoms with Crippen molar-refractivity contribution in [2.75, 3.05) is 0 Å². The minimum absolute atomic E-state index is 0.0778. The summed E-state index contributed by atoms with van der Waals surface area (Å²) in [5, 5.41) is 3.83. The van der Waals surface area contributed by atoms with Gasteiger partial charge >= 0.3 is 0 Å². The van der Waals surface area contributed by atoms with Crippen molar-refractivity contribution in [1.29, 1.82) is 0 Å². The second kappa shape index (κ2) is 10.6. The first kappa shape index (κ1) is 24.3. The fourth-order valence-electron chi connectivity index (χ4n) is 2.89. The van der Waals surface area contributed by atoms with E-state index >= 15 is 0 Å². The Morgan fingerprint density at radius 1 is 1.09 bits per heavy atom. The van der Waals surface area contributed by atoms with Gasteiger partial charge in [0.25, 0.3) is 5.91 Å². The highest BCUT2D eigenvalue weighted by molar-refractivity contribution is 9.11. The average Bonchev–Trinajstić information content (AvgIpc) is 3.10. The van der Waals surface area contributed by atoms with Crippen LogP contribution in [0.1, 0.15) is 11.1 Å². The molecule has 0 aliphatic carbocycles. The standard InChI is InChI=1S/C23H13Br2Cl2FN2O2S/c24-14-8-12(9-15(25)21(14)32-11-13-4-1-2-6-17(13)28)10-19-22(31)30-23(33-19)29-18-7-3-5-16(26)20(18)27/h1-10H,11H2,(H,29,30,31)/b19-10-. The van der Waals surface area contributed by atoms with Crippen molar-refractivity contribution in [3.63, 3.8) is 0 Å². The van der Waals surface area contributed by atoms with E-state index in [1.807, 2.05) is 12.1 Å². The number of halogens is 5. The first-order chi connectivity index (χ1) is 15.8. The van der Waals surface area contributed by atoms with E-state index in [1.165, 1.54) is 17.8 Å². The first-order valence-electron chi connectivity index (χ1n) is 9.40. The highest BCUT2D eigenvalue weighted by Gasteiger charge is 2.24. The summed E-state index contributed by atoms with van der Waals surface area (Å²) in [5.74, 6) is -0.0716. The summed E-state index contributed by atoms with van der Waals surface area (Å²) in [5.41, 5.74) is 1.68.